The van der Waals surface area contributed by atoms with E-state index in [-0.39, 0.29) is 54.9 Å². The van der Waals surface area contributed by atoms with Gasteiger partial charge in [-0.3, -0.25) is 18.7 Å². The van der Waals surface area contributed by atoms with Crippen LogP contribution in [0.5, 0.6) is 0 Å². The van der Waals surface area contributed by atoms with Gasteiger partial charge in [-0.25, -0.2) is 0 Å². The Balaban J connectivity index is 1.36. The highest BCUT2D eigenvalue weighted by molar-refractivity contribution is 7.52. The molecule has 3 aliphatic heterocycles. The molecule has 3 saturated heterocycles. The maximum Gasteiger partial charge on any atom is 0.347 e. The van der Waals surface area contributed by atoms with Gasteiger partial charge in [0.2, 0.25) is 11.8 Å². The van der Waals surface area contributed by atoms with Crippen LogP contribution >= 0.6 is 15.2 Å². The van der Waals surface area contributed by atoms with Gasteiger partial charge in [0.15, 0.2) is 0 Å². The maximum atomic E-state index is 12.6. The Morgan fingerprint density at radius 1 is 0.906 bits per heavy atom. The zero-order valence-corrected chi connectivity index (χ0v) is 19.7. The van der Waals surface area contributed by atoms with E-state index in [0.29, 0.717) is 38.9 Å². The summed E-state index contributed by atoms with van der Waals surface area (Å²) >= 11 is 0. The van der Waals surface area contributed by atoms with Crippen molar-refractivity contribution in [2.75, 3.05) is 32.3 Å². The molecule has 3 aliphatic rings. The van der Waals surface area contributed by atoms with Crippen molar-refractivity contribution in [3.63, 3.8) is 0 Å². The monoisotopic (exact) mass is 496 g/mol. The smallest absolute Gasteiger partial charge is 0.347 e. The molecule has 0 radical (unpaired) electrons. The topological polar surface area (TPSA) is 189 Å². The molecule has 12 nitrogen and oxygen atoms in total. The van der Waals surface area contributed by atoms with Gasteiger partial charge in [-0.15, -0.1) is 0 Å². The Morgan fingerprint density at radius 3 is 1.94 bits per heavy atom. The SMILES string of the molecule is O=C(NCCCP(=O)(O)O)C1CCC(C2CCC(C(=O)N3CCC3P(=O)(O)O)CN2)NC1. The fraction of sp³-hybridized carbons (Fsp3) is 0.889. The van der Waals surface area contributed by atoms with Gasteiger partial charge < -0.3 is 40.4 Å². The minimum Gasteiger partial charge on any atom is -0.356 e. The summed E-state index contributed by atoms with van der Waals surface area (Å²) in [7, 11) is -8.33. The first-order valence-corrected chi connectivity index (χ1v) is 14.6. The molecule has 3 fully saturated rings. The molecule has 3 rings (SSSR count). The van der Waals surface area contributed by atoms with Crippen LogP contribution in [0, 0.1) is 11.8 Å². The third-order valence-electron chi connectivity index (χ3n) is 6.70. The number of rotatable bonds is 8. The number of hydrogen-bond donors (Lipinski definition) is 7. The molecule has 5 unspecified atom stereocenters. The predicted molar refractivity (Wildman–Crippen MR) is 116 cm³/mol. The molecule has 32 heavy (non-hydrogen) atoms. The Kier molecular flexibility index (Phi) is 8.55. The fourth-order valence-electron chi connectivity index (χ4n) is 4.73. The van der Waals surface area contributed by atoms with Crippen molar-refractivity contribution >= 4 is 27.0 Å². The van der Waals surface area contributed by atoms with Crippen LogP contribution in [0.3, 0.4) is 0 Å². The van der Waals surface area contributed by atoms with Crippen LogP contribution in [0.25, 0.3) is 0 Å². The van der Waals surface area contributed by atoms with E-state index in [1.165, 1.54) is 4.90 Å². The summed E-state index contributed by atoms with van der Waals surface area (Å²) in [5.41, 5.74) is 0. The lowest BCUT2D eigenvalue weighted by atomic mass is 9.84. The van der Waals surface area contributed by atoms with Gasteiger partial charge in [-0.05, 0) is 38.5 Å². The van der Waals surface area contributed by atoms with Crippen molar-refractivity contribution in [1.29, 1.82) is 0 Å². The summed E-state index contributed by atoms with van der Waals surface area (Å²) in [5.74, 6) is -1.75. The van der Waals surface area contributed by atoms with Crippen LogP contribution in [0.15, 0.2) is 0 Å². The minimum absolute atomic E-state index is 0.113. The Hall–Kier alpha value is -0.840. The van der Waals surface area contributed by atoms with Crippen molar-refractivity contribution in [2.45, 2.75) is 56.4 Å². The molecule has 0 aromatic heterocycles. The summed E-state index contributed by atoms with van der Waals surface area (Å²) in [5, 5.41) is 9.54. The van der Waals surface area contributed by atoms with Crippen LogP contribution in [0.4, 0.5) is 0 Å². The van der Waals surface area contributed by atoms with Gasteiger partial charge in [0.05, 0.1) is 18.0 Å². The van der Waals surface area contributed by atoms with Gasteiger partial charge in [0.25, 0.3) is 0 Å². The van der Waals surface area contributed by atoms with Gasteiger partial charge in [-0.1, -0.05) is 0 Å². The summed E-state index contributed by atoms with van der Waals surface area (Å²) < 4.78 is 22.3. The largest absolute Gasteiger partial charge is 0.356 e. The average Bonchev–Trinajstić information content (AvgIpc) is 2.68. The lowest BCUT2D eigenvalue weighted by molar-refractivity contribution is -0.142. The van der Waals surface area contributed by atoms with E-state index in [2.05, 4.69) is 16.0 Å². The van der Waals surface area contributed by atoms with E-state index in [1.807, 2.05) is 0 Å². The first kappa shape index (κ1) is 25.8. The standard InChI is InChI=1S/C18H34N4O8P2/c23-17(19-7-1-9-31(25,26)27)12-2-4-14(20-10-12)15-5-3-13(11-21-15)18(24)22-8-6-16(22)32(28,29)30/h12-16,20-21H,1-11H2,(H,19,23)(H2,25,26,27)(H2,28,29,30). The quantitative estimate of drug-likeness (QED) is 0.165. The molecule has 184 valence electrons. The van der Waals surface area contributed by atoms with E-state index in [0.717, 1.165) is 12.8 Å². The second-order valence-corrected chi connectivity index (χ2v) is 12.6. The number of piperidine rings is 2. The van der Waals surface area contributed by atoms with Crippen molar-refractivity contribution in [3.05, 3.63) is 0 Å². The lowest BCUT2D eigenvalue weighted by Crippen LogP contribution is -2.59. The van der Waals surface area contributed by atoms with Gasteiger partial charge in [-0.2, -0.15) is 0 Å². The molecule has 0 spiro atoms. The normalized spacial score (nSPS) is 31.6. The Labute approximate surface area is 187 Å². The molecular weight excluding hydrogens is 462 g/mol. The maximum absolute atomic E-state index is 12.6. The molecule has 5 atom stereocenters. The fourth-order valence-corrected chi connectivity index (χ4v) is 6.35. The number of likely N-dealkylation sites (tertiary alicyclic amines) is 1. The first-order chi connectivity index (χ1) is 15.0. The van der Waals surface area contributed by atoms with Crippen LogP contribution in [0.1, 0.15) is 38.5 Å². The highest BCUT2D eigenvalue weighted by atomic mass is 31.2. The second kappa shape index (κ2) is 10.6. The molecule has 14 heteroatoms. The number of nitrogens with one attached hydrogen (secondary N) is 3. The number of hydrogen-bond acceptors (Lipinski definition) is 6. The second-order valence-electron chi connectivity index (χ2n) is 9.00. The van der Waals surface area contributed by atoms with Crippen LogP contribution in [0.2, 0.25) is 0 Å². The third kappa shape index (κ3) is 6.84. The third-order valence-corrected chi connectivity index (χ3v) is 8.91. The lowest BCUT2D eigenvalue weighted by Gasteiger charge is -2.44. The summed E-state index contributed by atoms with van der Waals surface area (Å²) in [6.45, 7) is 1.62. The van der Waals surface area contributed by atoms with Crippen LogP contribution in [-0.4, -0.2) is 86.5 Å². The number of carbonyl (C=O) groups excluding carboxylic acids is 2. The predicted octanol–water partition coefficient (Wildman–Crippen LogP) is -0.857. The molecule has 0 aromatic carbocycles. The first-order valence-electron chi connectivity index (χ1n) is 11.1. The number of nitrogens with zero attached hydrogens (tertiary/aromatic N) is 1. The van der Waals surface area contributed by atoms with Gasteiger partial charge in [0, 0.05) is 38.3 Å². The highest BCUT2D eigenvalue weighted by Crippen LogP contribution is 2.49. The summed E-state index contributed by atoms with van der Waals surface area (Å²) in [6, 6.07) is 0.344. The van der Waals surface area contributed by atoms with Gasteiger partial charge >= 0.3 is 15.2 Å². The molecule has 7 N–H and O–H groups in total. The van der Waals surface area contributed by atoms with Gasteiger partial charge in [0.1, 0.15) is 5.78 Å². The van der Waals surface area contributed by atoms with Crippen molar-refractivity contribution in [2.24, 2.45) is 11.8 Å². The van der Waals surface area contributed by atoms with E-state index in [4.69, 9.17) is 9.79 Å². The highest BCUT2D eigenvalue weighted by Gasteiger charge is 2.46. The molecule has 3 heterocycles. The molecule has 0 aliphatic carbocycles. The minimum atomic E-state index is -4.29. The van der Waals surface area contributed by atoms with E-state index < -0.39 is 21.0 Å². The molecule has 0 aromatic rings. The van der Waals surface area contributed by atoms with E-state index >= 15 is 0 Å². The van der Waals surface area contributed by atoms with Crippen molar-refractivity contribution in [1.82, 2.24) is 20.9 Å². The molecule has 2 amide bonds. The van der Waals surface area contributed by atoms with Crippen molar-refractivity contribution in [3.8, 4) is 0 Å². The van der Waals surface area contributed by atoms with E-state index in [1.54, 1.807) is 0 Å². The average molecular weight is 496 g/mol. The summed E-state index contributed by atoms with van der Waals surface area (Å²) in [6.07, 6.45) is 3.25. The van der Waals surface area contributed by atoms with Crippen molar-refractivity contribution < 1.29 is 38.3 Å². The number of carbonyl (C=O) groups is 2. The zero-order chi connectivity index (χ0) is 23.5. The van der Waals surface area contributed by atoms with E-state index in [9.17, 15) is 28.5 Å². The summed E-state index contributed by atoms with van der Waals surface area (Å²) in [4.78, 5) is 62.6. The molecular formula is C18H34N4O8P2. The Morgan fingerprint density at radius 2 is 1.50 bits per heavy atom. The van der Waals surface area contributed by atoms with Crippen LogP contribution in [-0.2, 0) is 18.7 Å². The zero-order valence-electron chi connectivity index (χ0n) is 17.9. The number of amides is 2. The molecule has 0 saturated carbocycles. The van der Waals surface area contributed by atoms with Crippen LogP contribution < -0.4 is 16.0 Å². The molecule has 0 bridgehead atoms. The Bertz CT molecular complexity index is 771.